The van der Waals surface area contributed by atoms with Crippen molar-refractivity contribution in [3.63, 3.8) is 0 Å². The molecule has 3 rings (SSSR count). The third kappa shape index (κ3) is 4.03. The van der Waals surface area contributed by atoms with E-state index < -0.39 is 17.9 Å². The lowest BCUT2D eigenvalue weighted by Crippen LogP contribution is -2.45. The standard InChI is InChI=1S/C20H20N4O5/c1-12-9-15(10-16-18(26)22-20(28)21-16)13(2)24(12)23(11-17(25)29-3)19(27)14-7-5-4-6-8-14/h4-10H,11H2,1-3H3,(H2,21,22,26,28)/b16-10+. The van der Waals surface area contributed by atoms with E-state index >= 15 is 0 Å². The summed E-state index contributed by atoms with van der Waals surface area (Å²) in [5.41, 5.74) is 2.39. The second-order valence-electron chi connectivity index (χ2n) is 6.41. The summed E-state index contributed by atoms with van der Waals surface area (Å²) < 4.78 is 6.34. The third-order valence-corrected chi connectivity index (χ3v) is 4.46. The van der Waals surface area contributed by atoms with Gasteiger partial charge in [-0.15, -0.1) is 0 Å². The van der Waals surface area contributed by atoms with E-state index in [1.54, 1.807) is 54.9 Å². The van der Waals surface area contributed by atoms with Gasteiger partial charge < -0.3 is 10.1 Å². The number of nitrogens with zero attached hydrogens (tertiary/aromatic N) is 2. The zero-order chi connectivity index (χ0) is 21.1. The lowest BCUT2D eigenvalue weighted by molar-refractivity contribution is -0.139. The van der Waals surface area contributed by atoms with Gasteiger partial charge in [0.05, 0.1) is 7.11 Å². The Hall–Kier alpha value is -3.88. The van der Waals surface area contributed by atoms with Gasteiger partial charge in [0, 0.05) is 17.0 Å². The number of carbonyl (C=O) groups is 4. The maximum atomic E-state index is 13.1. The molecule has 2 heterocycles. The topological polar surface area (TPSA) is 110 Å². The molecule has 150 valence electrons. The number of esters is 1. The lowest BCUT2D eigenvalue weighted by Gasteiger charge is -2.26. The molecule has 1 aromatic carbocycles. The molecule has 0 spiro atoms. The highest BCUT2D eigenvalue weighted by Crippen LogP contribution is 2.20. The number of nitrogens with one attached hydrogen (secondary N) is 2. The molecule has 1 fully saturated rings. The average molecular weight is 396 g/mol. The highest BCUT2D eigenvalue weighted by molar-refractivity contribution is 6.14. The number of amides is 4. The molecule has 9 nitrogen and oxygen atoms in total. The number of carbonyl (C=O) groups excluding carboxylic acids is 4. The van der Waals surface area contributed by atoms with Crippen molar-refractivity contribution in [2.24, 2.45) is 0 Å². The summed E-state index contributed by atoms with van der Waals surface area (Å²) in [5.74, 6) is -1.50. The lowest BCUT2D eigenvalue weighted by atomic mass is 10.2. The number of methoxy groups -OCH3 is 1. The van der Waals surface area contributed by atoms with E-state index in [1.165, 1.54) is 18.2 Å². The number of rotatable bonds is 5. The molecule has 0 bridgehead atoms. The minimum Gasteiger partial charge on any atom is -0.468 e. The SMILES string of the molecule is COC(=O)CN(C(=O)c1ccccc1)n1c(C)cc(/C=C2/NC(=O)NC2=O)c1C. The van der Waals surface area contributed by atoms with Crippen LogP contribution in [0.2, 0.25) is 0 Å². The van der Waals surface area contributed by atoms with Crippen LogP contribution in [-0.2, 0) is 14.3 Å². The van der Waals surface area contributed by atoms with Crippen molar-refractivity contribution in [2.75, 3.05) is 18.7 Å². The predicted octanol–water partition coefficient (Wildman–Crippen LogP) is 1.24. The molecule has 2 N–H and O–H groups in total. The van der Waals surface area contributed by atoms with Crippen molar-refractivity contribution in [1.82, 2.24) is 15.3 Å². The van der Waals surface area contributed by atoms with Crippen molar-refractivity contribution in [3.8, 4) is 0 Å². The molecular formula is C20H20N4O5. The van der Waals surface area contributed by atoms with Crippen molar-refractivity contribution in [3.05, 3.63) is 64.6 Å². The van der Waals surface area contributed by atoms with Gasteiger partial charge in [0.2, 0.25) is 0 Å². The van der Waals surface area contributed by atoms with Crippen LogP contribution in [0.4, 0.5) is 4.79 Å². The first kappa shape index (κ1) is 19.9. The molecule has 1 aliphatic heterocycles. The number of hydrogen-bond acceptors (Lipinski definition) is 5. The summed E-state index contributed by atoms with van der Waals surface area (Å²) in [6, 6.07) is 9.72. The molecule has 2 aromatic rings. The molecule has 0 atom stereocenters. The van der Waals surface area contributed by atoms with Crippen LogP contribution in [0, 0.1) is 13.8 Å². The number of benzene rings is 1. The van der Waals surface area contributed by atoms with Crippen LogP contribution in [0.3, 0.4) is 0 Å². The number of aromatic nitrogens is 1. The zero-order valence-corrected chi connectivity index (χ0v) is 16.2. The van der Waals surface area contributed by atoms with Crippen LogP contribution in [0.25, 0.3) is 6.08 Å². The number of urea groups is 1. The van der Waals surface area contributed by atoms with Gasteiger partial charge in [-0.2, -0.15) is 0 Å². The molecule has 4 amide bonds. The van der Waals surface area contributed by atoms with Crippen molar-refractivity contribution >= 4 is 29.9 Å². The Labute approximate surface area is 166 Å². The maximum absolute atomic E-state index is 13.1. The van der Waals surface area contributed by atoms with Crippen molar-refractivity contribution < 1.29 is 23.9 Å². The summed E-state index contributed by atoms with van der Waals surface area (Å²) >= 11 is 0. The molecular weight excluding hydrogens is 376 g/mol. The maximum Gasteiger partial charge on any atom is 0.327 e. The van der Waals surface area contributed by atoms with E-state index in [-0.39, 0.29) is 18.1 Å². The molecule has 9 heteroatoms. The second-order valence-corrected chi connectivity index (χ2v) is 6.41. The van der Waals surface area contributed by atoms with Crippen molar-refractivity contribution in [1.29, 1.82) is 0 Å². The fourth-order valence-electron chi connectivity index (χ4n) is 3.08. The van der Waals surface area contributed by atoms with E-state index in [9.17, 15) is 19.2 Å². The minimum absolute atomic E-state index is 0.101. The van der Waals surface area contributed by atoms with E-state index in [4.69, 9.17) is 4.74 Å². The Kier molecular flexibility index (Phi) is 5.49. The van der Waals surface area contributed by atoms with Gasteiger partial charge in [0.15, 0.2) is 0 Å². The fourth-order valence-corrected chi connectivity index (χ4v) is 3.08. The van der Waals surface area contributed by atoms with Gasteiger partial charge in [0.1, 0.15) is 12.2 Å². The molecule has 0 aliphatic carbocycles. The Morgan fingerprint density at radius 1 is 1.14 bits per heavy atom. The van der Waals surface area contributed by atoms with Gasteiger partial charge in [0.25, 0.3) is 11.8 Å². The zero-order valence-electron chi connectivity index (χ0n) is 16.2. The Morgan fingerprint density at radius 3 is 2.41 bits per heavy atom. The van der Waals surface area contributed by atoms with Gasteiger partial charge >= 0.3 is 12.0 Å². The number of hydrogen-bond donors (Lipinski definition) is 2. The molecule has 29 heavy (non-hydrogen) atoms. The molecule has 1 aromatic heterocycles. The third-order valence-electron chi connectivity index (χ3n) is 4.46. The van der Waals surface area contributed by atoms with Crippen molar-refractivity contribution in [2.45, 2.75) is 13.8 Å². The smallest absolute Gasteiger partial charge is 0.327 e. The van der Waals surface area contributed by atoms with Crippen LogP contribution in [0.15, 0.2) is 42.1 Å². The highest BCUT2D eigenvalue weighted by atomic mass is 16.5. The summed E-state index contributed by atoms with van der Waals surface area (Å²) in [6.07, 6.45) is 1.52. The van der Waals surface area contributed by atoms with Crippen LogP contribution in [0.1, 0.15) is 27.3 Å². The van der Waals surface area contributed by atoms with Crippen LogP contribution in [0.5, 0.6) is 0 Å². The monoisotopic (exact) mass is 396 g/mol. The summed E-state index contributed by atoms with van der Waals surface area (Å²) in [6.45, 7) is 3.22. The predicted molar refractivity (Wildman–Crippen MR) is 104 cm³/mol. The minimum atomic E-state index is -0.596. The molecule has 0 unspecified atom stereocenters. The van der Waals surface area contributed by atoms with E-state index in [2.05, 4.69) is 10.6 Å². The normalized spacial score (nSPS) is 14.5. The van der Waals surface area contributed by atoms with E-state index in [0.717, 1.165) is 0 Å². The van der Waals surface area contributed by atoms with Crippen LogP contribution >= 0.6 is 0 Å². The van der Waals surface area contributed by atoms with E-state index in [1.807, 2.05) is 0 Å². The van der Waals surface area contributed by atoms with Gasteiger partial charge in [-0.1, -0.05) is 18.2 Å². The second kappa shape index (κ2) is 8.01. The van der Waals surface area contributed by atoms with Gasteiger partial charge in [-0.25, -0.2) is 9.80 Å². The largest absolute Gasteiger partial charge is 0.468 e. The number of ether oxygens (including phenoxy) is 1. The number of aryl methyl sites for hydroxylation is 1. The average Bonchev–Trinajstić information content (AvgIpc) is 3.17. The molecule has 0 saturated carbocycles. The van der Waals surface area contributed by atoms with Crippen LogP contribution < -0.4 is 15.6 Å². The first-order valence-electron chi connectivity index (χ1n) is 8.78. The summed E-state index contributed by atoms with van der Waals surface area (Å²) in [4.78, 5) is 48.2. The highest BCUT2D eigenvalue weighted by Gasteiger charge is 2.26. The van der Waals surface area contributed by atoms with Crippen LogP contribution in [-0.4, -0.2) is 42.1 Å². The Morgan fingerprint density at radius 2 is 1.83 bits per heavy atom. The summed E-state index contributed by atoms with van der Waals surface area (Å²) in [5, 5.41) is 5.84. The quantitative estimate of drug-likeness (QED) is 0.449. The first-order valence-corrected chi connectivity index (χ1v) is 8.78. The van der Waals surface area contributed by atoms with Gasteiger partial charge in [-0.3, -0.25) is 24.4 Å². The molecule has 1 saturated heterocycles. The fraction of sp³-hybridized carbons (Fsp3) is 0.200. The summed E-state index contributed by atoms with van der Waals surface area (Å²) in [7, 11) is 1.25. The Bertz CT molecular complexity index is 1020. The van der Waals surface area contributed by atoms with Gasteiger partial charge in [-0.05, 0) is 43.7 Å². The number of imide groups is 1. The molecule has 1 aliphatic rings. The molecule has 0 radical (unpaired) electrons. The first-order chi connectivity index (χ1) is 13.8. The van der Waals surface area contributed by atoms with E-state index in [0.29, 0.717) is 22.5 Å². The Balaban J connectivity index is 2.04.